The first-order valence-electron chi connectivity index (χ1n) is 12.1. The van der Waals surface area contributed by atoms with Crippen LogP contribution in [0.5, 0.6) is 0 Å². The second-order valence-electron chi connectivity index (χ2n) is 9.41. The third-order valence-electron chi connectivity index (χ3n) is 6.53. The van der Waals surface area contributed by atoms with Crippen LogP contribution in [-0.4, -0.2) is 35.9 Å². The van der Waals surface area contributed by atoms with E-state index in [1.54, 1.807) is 12.3 Å². The van der Waals surface area contributed by atoms with Crippen molar-refractivity contribution in [3.05, 3.63) is 77.3 Å². The molecule has 5 rings (SSSR count). The van der Waals surface area contributed by atoms with Gasteiger partial charge in [0, 0.05) is 42.0 Å². The number of aromatic nitrogens is 6. The van der Waals surface area contributed by atoms with Crippen LogP contribution < -0.4 is 10.6 Å². The van der Waals surface area contributed by atoms with Crippen molar-refractivity contribution in [1.82, 2.24) is 35.3 Å². The van der Waals surface area contributed by atoms with Crippen molar-refractivity contribution in [3.63, 3.8) is 0 Å². The molecule has 9 nitrogen and oxygen atoms in total. The van der Waals surface area contributed by atoms with E-state index in [1.807, 2.05) is 25.1 Å². The van der Waals surface area contributed by atoms with Crippen LogP contribution in [0.25, 0.3) is 5.82 Å². The fourth-order valence-electron chi connectivity index (χ4n) is 4.65. The number of anilines is 2. The fourth-order valence-corrected chi connectivity index (χ4v) is 4.65. The predicted octanol–water partition coefficient (Wildman–Crippen LogP) is 4.48. The Morgan fingerprint density at radius 1 is 1.11 bits per heavy atom. The van der Waals surface area contributed by atoms with Crippen LogP contribution in [0.1, 0.15) is 54.1 Å². The van der Waals surface area contributed by atoms with E-state index in [-0.39, 0.29) is 11.8 Å². The minimum absolute atomic E-state index is 0.00466. The quantitative estimate of drug-likeness (QED) is 0.354. The van der Waals surface area contributed by atoms with Crippen LogP contribution in [-0.2, 0) is 11.3 Å². The molecule has 1 aliphatic rings. The molecular weight excluding hydrogens is 459 g/mol. The van der Waals surface area contributed by atoms with Crippen molar-refractivity contribution in [3.8, 4) is 5.82 Å². The van der Waals surface area contributed by atoms with Crippen molar-refractivity contribution >= 4 is 17.5 Å². The lowest BCUT2D eigenvalue weighted by Gasteiger charge is -2.28. The van der Waals surface area contributed by atoms with Crippen LogP contribution in [0.2, 0.25) is 0 Å². The smallest absolute Gasteiger partial charge is 0.223 e. The van der Waals surface area contributed by atoms with Crippen LogP contribution in [0.3, 0.4) is 0 Å². The number of hydrogen-bond donors (Lipinski definition) is 3. The van der Waals surface area contributed by atoms with E-state index in [0.29, 0.717) is 18.3 Å². The van der Waals surface area contributed by atoms with Gasteiger partial charge in [-0.25, -0.2) is 19.0 Å². The lowest BCUT2D eigenvalue weighted by atomic mass is 9.79. The first-order chi connectivity index (χ1) is 17.4. The summed E-state index contributed by atoms with van der Waals surface area (Å²) in [7, 11) is 0. The zero-order chi connectivity index (χ0) is 25.1. The van der Waals surface area contributed by atoms with Gasteiger partial charge in [0.05, 0.1) is 12.4 Å². The second kappa shape index (κ2) is 10.3. The Hall–Kier alpha value is -4.08. The Bertz CT molecular complexity index is 1340. The van der Waals surface area contributed by atoms with E-state index < -0.39 is 5.82 Å². The lowest BCUT2D eigenvalue weighted by molar-refractivity contribution is -0.126. The Morgan fingerprint density at radius 3 is 2.61 bits per heavy atom. The van der Waals surface area contributed by atoms with Crippen LogP contribution >= 0.6 is 0 Å². The van der Waals surface area contributed by atoms with Crippen LogP contribution in [0, 0.1) is 25.6 Å². The summed E-state index contributed by atoms with van der Waals surface area (Å²) in [5.74, 6) is 2.04. The predicted molar refractivity (Wildman–Crippen MR) is 133 cm³/mol. The third kappa shape index (κ3) is 5.59. The summed E-state index contributed by atoms with van der Waals surface area (Å²) >= 11 is 0. The number of H-pyrrole nitrogens is 1. The summed E-state index contributed by atoms with van der Waals surface area (Å²) in [6.07, 6.45) is 7.58. The molecule has 0 bridgehead atoms. The number of nitrogens with one attached hydrogen (secondary N) is 3. The highest BCUT2D eigenvalue weighted by atomic mass is 19.1. The van der Waals surface area contributed by atoms with E-state index in [2.05, 4.69) is 43.9 Å². The van der Waals surface area contributed by atoms with E-state index >= 15 is 0 Å². The molecule has 3 N–H and O–H groups in total. The average molecular weight is 489 g/mol. The van der Waals surface area contributed by atoms with E-state index in [9.17, 15) is 9.18 Å². The summed E-state index contributed by atoms with van der Waals surface area (Å²) in [4.78, 5) is 21.9. The topological polar surface area (TPSA) is 113 Å². The standard InChI is InChI=1S/C26H29FN8O/c1-16-9-22(31-23(10-16)32-24-11-17(2)33-34-24)19-4-6-20(7-5-19)26(36)29-13-18-3-8-25(28-12-18)35-15-21(27)14-30-35/h3,8-12,14-15,19-20H,4-7,13H2,1-2H3,(H,29,36)(H2,31,32,33,34). The second-order valence-corrected chi connectivity index (χ2v) is 9.41. The molecule has 0 spiro atoms. The average Bonchev–Trinajstić information content (AvgIpc) is 3.50. The molecule has 4 heterocycles. The first kappa shape index (κ1) is 23.7. The molecular formula is C26H29FN8O. The number of halogens is 1. The van der Waals surface area contributed by atoms with E-state index in [4.69, 9.17) is 4.98 Å². The van der Waals surface area contributed by atoms with Crippen molar-refractivity contribution in [2.24, 2.45) is 5.92 Å². The number of rotatable bonds is 7. The molecule has 0 atom stereocenters. The molecule has 4 aromatic rings. The van der Waals surface area contributed by atoms with Gasteiger partial charge in [-0.3, -0.25) is 9.89 Å². The third-order valence-corrected chi connectivity index (χ3v) is 6.53. The van der Waals surface area contributed by atoms with Crippen molar-refractivity contribution in [2.75, 3.05) is 5.32 Å². The maximum Gasteiger partial charge on any atom is 0.223 e. The van der Waals surface area contributed by atoms with Gasteiger partial charge in [-0.05, 0) is 68.9 Å². The van der Waals surface area contributed by atoms with Gasteiger partial charge < -0.3 is 10.6 Å². The molecule has 36 heavy (non-hydrogen) atoms. The highest BCUT2D eigenvalue weighted by Crippen LogP contribution is 2.36. The van der Waals surface area contributed by atoms with Crippen LogP contribution in [0.15, 0.2) is 48.9 Å². The number of aryl methyl sites for hydroxylation is 2. The van der Waals surface area contributed by atoms with Crippen molar-refractivity contribution in [2.45, 2.75) is 52.0 Å². The maximum absolute atomic E-state index is 13.1. The normalized spacial score (nSPS) is 17.6. The Balaban J connectivity index is 1.13. The van der Waals surface area contributed by atoms with Gasteiger partial charge in [-0.1, -0.05) is 6.07 Å². The SMILES string of the molecule is Cc1cc(Nc2cc(C)[nH]n2)nc(C2CCC(C(=O)NCc3ccc(-n4cc(F)cn4)nc3)CC2)c1. The number of hydrogen-bond acceptors (Lipinski definition) is 6. The summed E-state index contributed by atoms with van der Waals surface area (Å²) in [6, 6.07) is 9.71. The number of aromatic amines is 1. The van der Waals surface area contributed by atoms with Crippen molar-refractivity contribution < 1.29 is 9.18 Å². The summed E-state index contributed by atoms with van der Waals surface area (Å²) in [6.45, 7) is 4.43. The number of nitrogens with zero attached hydrogens (tertiary/aromatic N) is 5. The van der Waals surface area contributed by atoms with Gasteiger partial charge in [-0.15, -0.1) is 0 Å². The Kier molecular flexibility index (Phi) is 6.75. The Morgan fingerprint density at radius 2 is 1.94 bits per heavy atom. The molecule has 0 aliphatic heterocycles. The molecule has 186 valence electrons. The van der Waals surface area contributed by atoms with Gasteiger partial charge in [0.25, 0.3) is 0 Å². The minimum atomic E-state index is -0.415. The zero-order valence-corrected chi connectivity index (χ0v) is 20.3. The van der Waals surface area contributed by atoms with Gasteiger partial charge in [0.1, 0.15) is 5.82 Å². The molecule has 0 radical (unpaired) electrons. The zero-order valence-electron chi connectivity index (χ0n) is 20.3. The number of carbonyl (C=O) groups is 1. The summed E-state index contributed by atoms with van der Waals surface area (Å²) < 4.78 is 14.5. The molecule has 4 aromatic heterocycles. The molecule has 1 amide bonds. The van der Waals surface area contributed by atoms with E-state index in [0.717, 1.165) is 66.0 Å². The van der Waals surface area contributed by atoms with Gasteiger partial charge in [0.15, 0.2) is 17.5 Å². The highest BCUT2D eigenvalue weighted by Gasteiger charge is 2.28. The maximum atomic E-state index is 13.1. The largest absolute Gasteiger partial charge is 0.352 e. The van der Waals surface area contributed by atoms with Gasteiger partial charge >= 0.3 is 0 Å². The number of pyridine rings is 2. The monoisotopic (exact) mass is 488 g/mol. The first-order valence-corrected chi connectivity index (χ1v) is 12.1. The Labute approximate surface area is 208 Å². The lowest BCUT2D eigenvalue weighted by Crippen LogP contribution is -2.32. The molecule has 1 fully saturated rings. The molecule has 0 aromatic carbocycles. The van der Waals surface area contributed by atoms with Gasteiger partial charge in [0.2, 0.25) is 5.91 Å². The summed E-state index contributed by atoms with van der Waals surface area (Å²) in [5, 5.41) is 17.4. The fraction of sp³-hybridized carbons (Fsp3) is 0.346. The van der Waals surface area contributed by atoms with Crippen LogP contribution in [0.4, 0.5) is 16.0 Å². The number of amides is 1. The van der Waals surface area contributed by atoms with Crippen molar-refractivity contribution in [1.29, 1.82) is 0 Å². The molecule has 10 heteroatoms. The number of carbonyl (C=O) groups excluding carboxylic acids is 1. The molecule has 1 aliphatic carbocycles. The van der Waals surface area contributed by atoms with Gasteiger partial charge in [-0.2, -0.15) is 10.2 Å². The minimum Gasteiger partial charge on any atom is -0.352 e. The molecule has 0 unspecified atom stereocenters. The molecule has 0 saturated heterocycles. The molecule has 1 saturated carbocycles. The van der Waals surface area contributed by atoms with E-state index in [1.165, 1.54) is 10.9 Å². The summed E-state index contributed by atoms with van der Waals surface area (Å²) in [5.41, 5.74) is 4.07. The highest BCUT2D eigenvalue weighted by molar-refractivity contribution is 5.78.